The van der Waals surface area contributed by atoms with Gasteiger partial charge in [0.05, 0.1) is 0 Å². The second-order valence-corrected chi connectivity index (χ2v) is 10.4. The number of benzene rings is 6. The number of furan rings is 2. The summed E-state index contributed by atoms with van der Waals surface area (Å²) in [5.41, 5.74) is 9.96. The fourth-order valence-corrected chi connectivity index (χ4v) is 6.15. The van der Waals surface area contributed by atoms with E-state index in [4.69, 9.17) is 18.3 Å². The lowest BCUT2D eigenvalue weighted by molar-refractivity contribution is 0.125. The monoisotopic (exact) mass is 530 g/mol. The third kappa shape index (κ3) is 3.41. The summed E-state index contributed by atoms with van der Waals surface area (Å²) in [7, 11) is 0. The van der Waals surface area contributed by atoms with Crippen molar-refractivity contribution in [2.75, 3.05) is 6.79 Å². The summed E-state index contributed by atoms with van der Waals surface area (Å²) in [6.45, 7) is 0.147. The van der Waals surface area contributed by atoms with Gasteiger partial charge < -0.3 is 18.3 Å². The number of hydrogen-bond acceptors (Lipinski definition) is 4. The Morgan fingerprint density at radius 3 is 2.00 bits per heavy atom. The van der Waals surface area contributed by atoms with Crippen molar-refractivity contribution in [3.8, 4) is 44.9 Å². The van der Waals surface area contributed by atoms with E-state index in [2.05, 4.69) is 66.7 Å². The topological polar surface area (TPSA) is 44.7 Å². The van der Waals surface area contributed by atoms with Crippen LogP contribution in [0, 0.1) is 0 Å². The maximum atomic E-state index is 6.16. The average molecular weight is 531 g/mol. The van der Waals surface area contributed by atoms with Crippen molar-refractivity contribution in [3.05, 3.63) is 121 Å². The fraction of sp³-hybridized carbons (Fsp3) is 0.0270. The van der Waals surface area contributed by atoms with Crippen molar-refractivity contribution < 1.29 is 18.3 Å². The van der Waals surface area contributed by atoms with Crippen LogP contribution in [0.15, 0.2) is 130 Å². The summed E-state index contributed by atoms with van der Waals surface area (Å²) in [5, 5.41) is 4.44. The number of fused-ring (bicyclic) bond motifs is 9. The maximum absolute atomic E-state index is 6.16. The zero-order chi connectivity index (χ0) is 26.9. The van der Waals surface area contributed by atoms with Crippen LogP contribution in [-0.4, -0.2) is 6.79 Å². The van der Waals surface area contributed by atoms with Gasteiger partial charge in [-0.15, -0.1) is 0 Å². The van der Waals surface area contributed by atoms with Crippen LogP contribution in [-0.2, 0) is 0 Å². The van der Waals surface area contributed by atoms with E-state index in [-0.39, 0.29) is 6.79 Å². The second-order valence-electron chi connectivity index (χ2n) is 10.4. The molecule has 41 heavy (non-hydrogen) atoms. The van der Waals surface area contributed by atoms with Gasteiger partial charge in [0.1, 0.15) is 33.8 Å². The van der Waals surface area contributed by atoms with Gasteiger partial charge in [0.15, 0.2) is 0 Å². The zero-order valence-corrected chi connectivity index (χ0v) is 21.9. The minimum absolute atomic E-state index is 0.147. The summed E-state index contributed by atoms with van der Waals surface area (Å²) in [5.74, 6) is 1.59. The molecule has 1 aliphatic heterocycles. The quantitative estimate of drug-likeness (QED) is 0.223. The normalized spacial score (nSPS) is 12.7. The molecule has 0 atom stereocenters. The molecule has 0 saturated heterocycles. The van der Waals surface area contributed by atoms with Crippen LogP contribution in [0.2, 0.25) is 0 Å². The van der Waals surface area contributed by atoms with Gasteiger partial charge in [0.25, 0.3) is 0 Å². The van der Waals surface area contributed by atoms with E-state index in [1.165, 1.54) is 0 Å². The van der Waals surface area contributed by atoms with E-state index in [0.717, 1.165) is 88.8 Å². The second kappa shape index (κ2) is 8.51. The van der Waals surface area contributed by atoms with Crippen molar-refractivity contribution in [2.45, 2.75) is 0 Å². The first-order chi connectivity index (χ1) is 20.3. The van der Waals surface area contributed by atoms with E-state index in [1.807, 2.05) is 54.6 Å². The predicted molar refractivity (Wildman–Crippen MR) is 163 cm³/mol. The molecule has 0 amide bonds. The predicted octanol–water partition coefficient (Wildman–Crippen LogP) is 10.2. The van der Waals surface area contributed by atoms with Crippen molar-refractivity contribution in [3.63, 3.8) is 0 Å². The molecule has 9 rings (SSSR count). The van der Waals surface area contributed by atoms with Crippen LogP contribution in [0.5, 0.6) is 11.5 Å². The molecule has 0 saturated carbocycles. The molecule has 4 heteroatoms. The lowest BCUT2D eigenvalue weighted by atomic mass is 9.94. The molecule has 1 aliphatic rings. The molecule has 0 fully saturated rings. The molecule has 0 spiro atoms. The Hall–Kier alpha value is -5.48. The van der Waals surface area contributed by atoms with E-state index in [0.29, 0.717) is 0 Å². The van der Waals surface area contributed by atoms with Crippen LogP contribution in [0.4, 0.5) is 0 Å². The van der Waals surface area contributed by atoms with Crippen LogP contribution >= 0.6 is 0 Å². The molecule has 0 N–H and O–H groups in total. The molecule has 4 nitrogen and oxygen atoms in total. The highest BCUT2D eigenvalue weighted by atomic mass is 16.7. The Bertz CT molecular complexity index is 2300. The van der Waals surface area contributed by atoms with Gasteiger partial charge in [-0.05, 0) is 76.9 Å². The lowest BCUT2D eigenvalue weighted by Gasteiger charge is -2.12. The highest BCUT2D eigenvalue weighted by Gasteiger charge is 2.20. The fourth-order valence-electron chi connectivity index (χ4n) is 6.15. The summed E-state index contributed by atoms with van der Waals surface area (Å²) in [6.07, 6.45) is 0. The Balaban J connectivity index is 1.18. The van der Waals surface area contributed by atoms with Crippen LogP contribution in [0.3, 0.4) is 0 Å². The molecule has 8 aromatic rings. The lowest BCUT2D eigenvalue weighted by Crippen LogP contribution is -2.03. The molecule has 194 valence electrons. The first-order valence-corrected chi connectivity index (χ1v) is 13.7. The molecule has 0 radical (unpaired) electrons. The van der Waals surface area contributed by atoms with E-state index >= 15 is 0 Å². The van der Waals surface area contributed by atoms with Crippen molar-refractivity contribution in [2.24, 2.45) is 0 Å². The zero-order valence-electron chi connectivity index (χ0n) is 21.9. The van der Waals surface area contributed by atoms with Crippen molar-refractivity contribution >= 4 is 43.9 Å². The van der Waals surface area contributed by atoms with Gasteiger partial charge in [0, 0.05) is 32.7 Å². The summed E-state index contributed by atoms with van der Waals surface area (Å²) in [6, 6.07) is 41.6. The maximum Gasteiger partial charge on any atom is 0.230 e. The van der Waals surface area contributed by atoms with Crippen LogP contribution in [0.25, 0.3) is 77.3 Å². The first kappa shape index (κ1) is 22.3. The van der Waals surface area contributed by atoms with Crippen molar-refractivity contribution in [1.29, 1.82) is 0 Å². The number of hydrogen-bond donors (Lipinski definition) is 0. The van der Waals surface area contributed by atoms with Gasteiger partial charge >= 0.3 is 0 Å². The SMILES string of the molecule is c1ccc2c(c1)oc1ccc(-c3ccc4c(c3)-c3ccc(-c5cccc6oc7ccccc7c56)cc3OCO4)cc12. The Kier molecular flexibility index (Phi) is 4.64. The van der Waals surface area contributed by atoms with Gasteiger partial charge in [-0.1, -0.05) is 66.7 Å². The number of para-hydroxylation sites is 2. The van der Waals surface area contributed by atoms with E-state index < -0.39 is 0 Å². The molecule has 0 bridgehead atoms. The molecular weight excluding hydrogens is 508 g/mol. The molecule has 6 aromatic carbocycles. The highest BCUT2D eigenvalue weighted by Crippen LogP contribution is 2.45. The average Bonchev–Trinajstić information content (AvgIpc) is 3.53. The molecule has 3 heterocycles. The Labute approximate surface area is 235 Å². The first-order valence-electron chi connectivity index (χ1n) is 13.7. The van der Waals surface area contributed by atoms with Gasteiger partial charge in [-0.2, -0.15) is 0 Å². The minimum atomic E-state index is 0.147. The third-order valence-corrected chi connectivity index (χ3v) is 8.10. The molecule has 0 aliphatic carbocycles. The third-order valence-electron chi connectivity index (χ3n) is 8.10. The number of ether oxygens (including phenoxy) is 2. The Morgan fingerprint density at radius 2 is 1.07 bits per heavy atom. The number of rotatable bonds is 2. The molecule has 2 aromatic heterocycles. The van der Waals surface area contributed by atoms with Gasteiger partial charge in [-0.25, -0.2) is 0 Å². The van der Waals surface area contributed by atoms with E-state index in [1.54, 1.807) is 0 Å². The summed E-state index contributed by atoms with van der Waals surface area (Å²) < 4.78 is 24.4. The van der Waals surface area contributed by atoms with Crippen molar-refractivity contribution in [1.82, 2.24) is 0 Å². The van der Waals surface area contributed by atoms with Gasteiger partial charge in [0.2, 0.25) is 6.79 Å². The smallest absolute Gasteiger partial charge is 0.230 e. The standard InChI is InChI=1S/C37H22O4/c1-3-9-32-26(6-1)30-19-23(14-17-34(30)40-32)22-13-16-31-29(18-22)27-15-12-24(20-36(27)39-21-38-31)25-8-5-11-35-37(25)28-7-2-4-10-33(28)41-35/h1-20H,21H2. The molecule has 0 unspecified atom stereocenters. The van der Waals surface area contributed by atoms with Gasteiger partial charge in [-0.3, -0.25) is 0 Å². The summed E-state index contributed by atoms with van der Waals surface area (Å²) >= 11 is 0. The Morgan fingerprint density at radius 1 is 0.390 bits per heavy atom. The molecular formula is C37H22O4. The minimum Gasteiger partial charge on any atom is -0.457 e. The van der Waals surface area contributed by atoms with Crippen LogP contribution in [0.1, 0.15) is 0 Å². The highest BCUT2D eigenvalue weighted by molar-refractivity contribution is 6.12. The summed E-state index contributed by atoms with van der Waals surface area (Å²) in [4.78, 5) is 0. The van der Waals surface area contributed by atoms with Crippen LogP contribution < -0.4 is 9.47 Å². The largest absolute Gasteiger partial charge is 0.457 e. The van der Waals surface area contributed by atoms with E-state index in [9.17, 15) is 0 Å².